The van der Waals surface area contributed by atoms with Crippen molar-refractivity contribution in [1.82, 2.24) is 20.1 Å². The fourth-order valence-electron chi connectivity index (χ4n) is 3.10. The van der Waals surface area contributed by atoms with Crippen LogP contribution in [0.1, 0.15) is 12.3 Å². The number of amides is 1. The number of para-hydroxylation sites is 1. The quantitative estimate of drug-likeness (QED) is 0.411. The van der Waals surface area contributed by atoms with Crippen LogP contribution in [-0.2, 0) is 11.2 Å². The van der Waals surface area contributed by atoms with Crippen LogP contribution in [-0.4, -0.2) is 26.0 Å². The summed E-state index contributed by atoms with van der Waals surface area (Å²) in [6, 6.07) is 19.4. The van der Waals surface area contributed by atoms with Crippen molar-refractivity contribution in [2.75, 3.05) is 5.32 Å². The predicted octanol–water partition coefficient (Wildman–Crippen LogP) is 4.98. The van der Waals surface area contributed by atoms with E-state index in [1.807, 2.05) is 48.5 Å². The van der Waals surface area contributed by atoms with Gasteiger partial charge in [0.15, 0.2) is 0 Å². The van der Waals surface area contributed by atoms with Crippen LogP contribution in [0, 0.1) is 0 Å². The highest BCUT2D eigenvalue weighted by Gasteiger charge is 2.11. The lowest BCUT2D eigenvalue weighted by atomic mass is 10.2. The molecule has 0 aliphatic rings. The maximum atomic E-state index is 12.3. The van der Waals surface area contributed by atoms with Crippen LogP contribution in [0.25, 0.3) is 32.2 Å². The maximum absolute atomic E-state index is 12.3. The lowest BCUT2D eigenvalue weighted by Crippen LogP contribution is -2.12. The van der Waals surface area contributed by atoms with Gasteiger partial charge in [-0.15, -0.1) is 11.3 Å². The van der Waals surface area contributed by atoms with Crippen LogP contribution in [0.15, 0.2) is 77.6 Å². The zero-order valence-electron chi connectivity index (χ0n) is 16.4. The van der Waals surface area contributed by atoms with E-state index < -0.39 is 0 Å². The Morgan fingerprint density at radius 1 is 0.968 bits per heavy atom. The number of pyridine rings is 1. The number of thiazole rings is 1. The van der Waals surface area contributed by atoms with Crippen molar-refractivity contribution in [3.05, 3.63) is 78.9 Å². The minimum atomic E-state index is -0.117. The molecular formula is C23H17N5O2S. The van der Waals surface area contributed by atoms with Gasteiger partial charge in [0.25, 0.3) is 0 Å². The second-order valence-electron chi connectivity index (χ2n) is 6.87. The third-order valence-electron chi connectivity index (χ3n) is 4.66. The Morgan fingerprint density at radius 2 is 1.84 bits per heavy atom. The van der Waals surface area contributed by atoms with Gasteiger partial charge in [0.05, 0.1) is 10.2 Å². The lowest BCUT2D eigenvalue weighted by Gasteiger charge is -2.05. The Labute approximate surface area is 181 Å². The summed E-state index contributed by atoms with van der Waals surface area (Å²) in [7, 11) is 0. The van der Waals surface area contributed by atoms with Crippen molar-refractivity contribution in [2.24, 2.45) is 0 Å². The number of anilines is 1. The Morgan fingerprint density at radius 3 is 2.65 bits per heavy atom. The molecule has 0 fully saturated rings. The number of carbonyl (C=O) groups excluding carboxylic acids is 1. The molecular weight excluding hydrogens is 410 g/mol. The summed E-state index contributed by atoms with van der Waals surface area (Å²) in [5.74, 6) is 0.767. The van der Waals surface area contributed by atoms with Crippen LogP contribution in [0.2, 0.25) is 0 Å². The molecule has 1 N–H and O–H groups in total. The normalized spacial score (nSPS) is 11.0. The van der Waals surface area contributed by atoms with E-state index >= 15 is 0 Å². The minimum absolute atomic E-state index is 0.117. The van der Waals surface area contributed by atoms with Gasteiger partial charge < -0.3 is 9.84 Å². The standard InChI is InChI=1S/C23H17N5O2S/c29-20(11-12-21-27-22(28-30-21)16-4-3-13-24-14-16)25-17-9-7-15(8-10-17)23-26-18-5-1-2-6-19(18)31-23/h1-10,13-14H,11-12H2,(H,25,29). The van der Waals surface area contributed by atoms with Crippen LogP contribution in [0.3, 0.4) is 0 Å². The van der Waals surface area contributed by atoms with Gasteiger partial charge in [-0.25, -0.2) is 4.98 Å². The molecule has 7 nitrogen and oxygen atoms in total. The highest BCUT2D eigenvalue weighted by Crippen LogP contribution is 2.30. The Balaban J connectivity index is 1.18. The Bertz CT molecular complexity index is 1300. The number of benzene rings is 2. The van der Waals surface area contributed by atoms with Gasteiger partial charge in [-0.2, -0.15) is 4.98 Å². The molecule has 5 aromatic rings. The molecule has 0 saturated carbocycles. The second kappa shape index (κ2) is 8.45. The third-order valence-corrected chi connectivity index (χ3v) is 5.75. The van der Waals surface area contributed by atoms with Crippen molar-refractivity contribution >= 4 is 33.1 Å². The topological polar surface area (TPSA) is 93.8 Å². The third kappa shape index (κ3) is 4.34. The zero-order valence-corrected chi connectivity index (χ0v) is 17.2. The van der Waals surface area contributed by atoms with E-state index in [0.29, 0.717) is 18.1 Å². The summed E-state index contributed by atoms with van der Waals surface area (Å²) in [5.41, 5.74) is 3.52. The fourth-order valence-corrected chi connectivity index (χ4v) is 4.08. The predicted molar refractivity (Wildman–Crippen MR) is 120 cm³/mol. The van der Waals surface area contributed by atoms with Gasteiger partial charge in [-0.1, -0.05) is 17.3 Å². The summed E-state index contributed by atoms with van der Waals surface area (Å²) in [4.78, 5) is 25.3. The molecule has 0 spiro atoms. The van der Waals surface area contributed by atoms with E-state index in [-0.39, 0.29) is 12.3 Å². The fraction of sp³-hybridized carbons (Fsp3) is 0.0870. The molecule has 5 rings (SSSR count). The van der Waals surface area contributed by atoms with Crippen LogP contribution < -0.4 is 5.32 Å². The first kappa shape index (κ1) is 19.1. The first-order valence-corrected chi connectivity index (χ1v) is 10.5. The number of hydrogen-bond acceptors (Lipinski definition) is 7. The number of nitrogens with zero attached hydrogens (tertiary/aromatic N) is 4. The molecule has 0 unspecified atom stereocenters. The zero-order chi connectivity index (χ0) is 21.0. The number of aromatic nitrogens is 4. The molecule has 0 atom stereocenters. The molecule has 0 aliphatic heterocycles. The van der Waals surface area contributed by atoms with Crippen LogP contribution >= 0.6 is 11.3 Å². The van der Waals surface area contributed by atoms with Crippen molar-refractivity contribution in [3.8, 4) is 22.0 Å². The molecule has 3 aromatic heterocycles. The Hall–Kier alpha value is -3.91. The Kier molecular flexibility index (Phi) is 5.20. The number of fused-ring (bicyclic) bond motifs is 1. The average molecular weight is 427 g/mol. The van der Waals surface area contributed by atoms with Crippen molar-refractivity contribution in [3.63, 3.8) is 0 Å². The van der Waals surface area contributed by atoms with E-state index in [9.17, 15) is 4.79 Å². The molecule has 3 heterocycles. The van der Waals surface area contributed by atoms with E-state index in [1.165, 1.54) is 0 Å². The van der Waals surface area contributed by atoms with Gasteiger partial charge in [-0.05, 0) is 48.5 Å². The molecule has 152 valence electrons. The molecule has 0 aliphatic carbocycles. The SMILES string of the molecule is O=C(CCc1nc(-c2cccnc2)no1)Nc1ccc(-c2nc3ccccc3s2)cc1. The molecule has 1 amide bonds. The minimum Gasteiger partial charge on any atom is -0.339 e. The summed E-state index contributed by atoms with van der Waals surface area (Å²) < 4.78 is 6.39. The molecule has 0 radical (unpaired) electrons. The summed E-state index contributed by atoms with van der Waals surface area (Å²) in [6.45, 7) is 0. The van der Waals surface area contributed by atoms with Gasteiger partial charge in [0, 0.05) is 42.0 Å². The number of hydrogen-bond donors (Lipinski definition) is 1. The highest BCUT2D eigenvalue weighted by atomic mass is 32.1. The number of aryl methyl sites for hydroxylation is 1. The molecule has 0 saturated heterocycles. The van der Waals surface area contributed by atoms with E-state index in [1.54, 1.807) is 29.8 Å². The maximum Gasteiger partial charge on any atom is 0.227 e. The van der Waals surface area contributed by atoms with E-state index in [2.05, 4.69) is 31.5 Å². The smallest absolute Gasteiger partial charge is 0.227 e. The molecule has 0 bridgehead atoms. The highest BCUT2D eigenvalue weighted by molar-refractivity contribution is 7.21. The monoisotopic (exact) mass is 427 g/mol. The van der Waals surface area contributed by atoms with Gasteiger partial charge in [0.1, 0.15) is 5.01 Å². The van der Waals surface area contributed by atoms with Crippen LogP contribution in [0.5, 0.6) is 0 Å². The first-order chi connectivity index (χ1) is 15.2. The van der Waals surface area contributed by atoms with E-state index in [0.717, 1.165) is 32.0 Å². The molecule has 31 heavy (non-hydrogen) atoms. The van der Waals surface area contributed by atoms with Gasteiger partial charge in [0.2, 0.25) is 17.6 Å². The summed E-state index contributed by atoms with van der Waals surface area (Å²) in [5, 5.41) is 7.80. The number of nitrogens with one attached hydrogen (secondary N) is 1. The summed E-state index contributed by atoms with van der Waals surface area (Å²) in [6.07, 6.45) is 3.96. The second-order valence-corrected chi connectivity index (χ2v) is 7.90. The number of rotatable bonds is 6. The van der Waals surface area contributed by atoms with Crippen LogP contribution in [0.4, 0.5) is 5.69 Å². The van der Waals surface area contributed by atoms with Crippen molar-refractivity contribution in [1.29, 1.82) is 0 Å². The van der Waals surface area contributed by atoms with E-state index in [4.69, 9.17) is 4.52 Å². The molecule has 2 aromatic carbocycles. The van der Waals surface area contributed by atoms with Gasteiger partial charge in [-0.3, -0.25) is 9.78 Å². The largest absolute Gasteiger partial charge is 0.339 e. The van der Waals surface area contributed by atoms with Crippen molar-refractivity contribution in [2.45, 2.75) is 12.8 Å². The lowest BCUT2D eigenvalue weighted by molar-refractivity contribution is -0.116. The average Bonchev–Trinajstić information content (AvgIpc) is 3.46. The summed E-state index contributed by atoms with van der Waals surface area (Å²) >= 11 is 1.65. The number of carbonyl (C=O) groups is 1. The van der Waals surface area contributed by atoms with Crippen molar-refractivity contribution < 1.29 is 9.32 Å². The van der Waals surface area contributed by atoms with Gasteiger partial charge >= 0.3 is 0 Å². The molecule has 8 heteroatoms. The first-order valence-electron chi connectivity index (χ1n) is 9.73.